The van der Waals surface area contributed by atoms with E-state index < -0.39 is 17.7 Å². The smallest absolute Gasteiger partial charge is 0.164 e. The molecule has 3 N–H and O–H groups in total. The average Bonchev–Trinajstić information content (AvgIpc) is 3.22. The van der Waals surface area contributed by atoms with E-state index in [-0.39, 0.29) is 17.2 Å². The Hall–Kier alpha value is -1.04. The molecule has 0 radical (unpaired) electrons. The molecule has 5 heteroatoms. The molecule has 2 rings (SSSR count). The molecule has 1 fully saturated rings. The van der Waals surface area contributed by atoms with Crippen LogP contribution in [-0.2, 0) is 4.74 Å². The summed E-state index contributed by atoms with van der Waals surface area (Å²) in [7, 11) is 0. The van der Waals surface area contributed by atoms with Gasteiger partial charge in [0.1, 0.15) is 0 Å². The fourth-order valence-corrected chi connectivity index (χ4v) is 2.38. The van der Waals surface area contributed by atoms with Crippen LogP contribution in [0.3, 0.4) is 0 Å². The minimum Gasteiger partial charge on any atom is -0.376 e. The lowest BCUT2D eigenvalue weighted by Gasteiger charge is -2.27. The van der Waals surface area contributed by atoms with Crippen LogP contribution in [0.4, 0.5) is 8.78 Å². The monoisotopic (exact) mass is 270 g/mol. The van der Waals surface area contributed by atoms with E-state index in [1.54, 1.807) is 12.1 Å². The van der Waals surface area contributed by atoms with Gasteiger partial charge in [-0.3, -0.25) is 11.3 Å². The van der Waals surface area contributed by atoms with Crippen molar-refractivity contribution < 1.29 is 13.5 Å². The summed E-state index contributed by atoms with van der Waals surface area (Å²) in [5, 5.41) is 0. The van der Waals surface area contributed by atoms with Crippen molar-refractivity contribution in [2.24, 2.45) is 11.8 Å². The van der Waals surface area contributed by atoms with Gasteiger partial charge in [0.25, 0.3) is 0 Å². The summed E-state index contributed by atoms with van der Waals surface area (Å²) in [6, 6.07) is 2.61. The van der Waals surface area contributed by atoms with Gasteiger partial charge in [-0.15, -0.1) is 0 Å². The summed E-state index contributed by atoms with van der Waals surface area (Å²) in [5.74, 6) is 4.25. The zero-order chi connectivity index (χ0) is 14.0. The molecule has 0 aromatic heterocycles. The van der Waals surface area contributed by atoms with Crippen LogP contribution in [0.25, 0.3) is 0 Å². The molecule has 1 aliphatic carbocycles. The standard InChI is InChI=1S/C14H20F2N2O/c1-3-19-14(9-5-6-9)13(18-17)10-7-4-8(2)11(15)12(10)16/h4,7,9,13-14,18H,3,5-6,17H2,1-2H3. The molecular formula is C14H20F2N2O. The number of rotatable bonds is 6. The molecule has 1 aromatic rings. The van der Waals surface area contributed by atoms with Crippen LogP contribution in [0.1, 0.15) is 36.9 Å². The Morgan fingerprint density at radius 3 is 2.58 bits per heavy atom. The fourth-order valence-electron chi connectivity index (χ4n) is 2.38. The maximum atomic E-state index is 14.1. The molecule has 0 amide bonds. The molecule has 0 saturated heterocycles. The lowest BCUT2D eigenvalue weighted by atomic mass is 9.96. The van der Waals surface area contributed by atoms with Gasteiger partial charge in [0.05, 0.1) is 12.1 Å². The predicted molar refractivity (Wildman–Crippen MR) is 69.3 cm³/mol. The number of nitrogens with two attached hydrogens (primary N) is 1. The first-order valence-electron chi connectivity index (χ1n) is 6.62. The molecule has 1 aromatic carbocycles. The van der Waals surface area contributed by atoms with Crippen molar-refractivity contribution in [1.29, 1.82) is 0 Å². The summed E-state index contributed by atoms with van der Waals surface area (Å²) in [6.45, 7) is 3.94. The fraction of sp³-hybridized carbons (Fsp3) is 0.571. The third kappa shape index (κ3) is 2.94. The van der Waals surface area contributed by atoms with E-state index in [4.69, 9.17) is 10.6 Å². The van der Waals surface area contributed by atoms with E-state index in [0.29, 0.717) is 12.5 Å². The Bertz CT molecular complexity index is 449. The molecule has 2 atom stereocenters. The average molecular weight is 270 g/mol. The van der Waals surface area contributed by atoms with Crippen molar-refractivity contribution in [3.05, 3.63) is 34.9 Å². The first-order valence-corrected chi connectivity index (χ1v) is 6.62. The Labute approximate surface area is 112 Å². The van der Waals surface area contributed by atoms with Gasteiger partial charge in [-0.2, -0.15) is 0 Å². The third-order valence-corrected chi connectivity index (χ3v) is 3.59. The van der Waals surface area contributed by atoms with Crippen molar-refractivity contribution in [3.63, 3.8) is 0 Å². The summed E-state index contributed by atoms with van der Waals surface area (Å²) < 4.78 is 33.4. The Balaban J connectivity index is 2.32. The highest BCUT2D eigenvalue weighted by atomic mass is 19.2. The summed E-state index contributed by atoms with van der Waals surface area (Å²) >= 11 is 0. The number of hydrogen-bond donors (Lipinski definition) is 2. The van der Waals surface area contributed by atoms with Gasteiger partial charge in [-0.05, 0) is 38.2 Å². The molecule has 0 aliphatic heterocycles. The molecule has 106 valence electrons. The largest absolute Gasteiger partial charge is 0.376 e. The molecule has 1 saturated carbocycles. The second-order valence-electron chi connectivity index (χ2n) is 5.00. The van der Waals surface area contributed by atoms with Crippen molar-refractivity contribution in [3.8, 4) is 0 Å². The Morgan fingerprint density at radius 1 is 1.37 bits per heavy atom. The minimum atomic E-state index is -0.840. The topological polar surface area (TPSA) is 47.3 Å². The molecule has 0 heterocycles. The predicted octanol–water partition coefficient (Wildman–Crippen LogP) is 2.59. The number of hydrazine groups is 1. The van der Waals surface area contributed by atoms with Gasteiger partial charge in [0, 0.05) is 12.2 Å². The maximum Gasteiger partial charge on any atom is 0.164 e. The number of nitrogens with one attached hydrogen (secondary N) is 1. The number of hydrogen-bond acceptors (Lipinski definition) is 3. The van der Waals surface area contributed by atoms with E-state index in [9.17, 15) is 8.78 Å². The highest BCUT2D eigenvalue weighted by Gasteiger charge is 2.39. The van der Waals surface area contributed by atoms with Crippen molar-refractivity contribution in [1.82, 2.24) is 5.43 Å². The highest BCUT2D eigenvalue weighted by Crippen LogP contribution is 2.40. The maximum absolute atomic E-state index is 14.1. The van der Waals surface area contributed by atoms with Gasteiger partial charge in [0.15, 0.2) is 11.6 Å². The Kier molecular flexibility index (Phi) is 4.50. The zero-order valence-electron chi connectivity index (χ0n) is 11.2. The number of aryl methyl sites for hydroxylation is 1. The van der Waals surface area contributed by atoms with Crippen LogP contribution in [-0.4, -0.2) is 12.7 Å². The number of halogens is 2. The molecule has 3 nitrogen and oxygen atoms in total. The van der Waals surface area contributed by atoms with Crippen LogP contribution in [0.2, 0.25) is 0 Å². The lowest BCUT2D eigenvalue weighted by molar-refractivity contribution is 0.0175. The van der Waals surface area contributed by atoms with E-state index in [0.717, 1.165) is 12.8 Å². The van der Waals surface area contributed by atoms with Crippen molar-refractivity contribution in [2.45, 2.75) is 38.8 Å². The van der Waals surface area contributed by atoms with Gasteiger partial charge in [-0.25, -0.2) is 8.78 Å². The molecule has 0 spiro atoms. The van der Waals surface area contributed by atoms with E-state index in [1.165, 1.54) is 6.92 Å². The van der Waals surface area contributed by atoms with Gasteiger partial charge in [0.2, 0.25) is 0 Å². The number of benzene rings is 1. The van der Waals surface area contributed by atoms with Crippen LogP contribution in [0.5, 0.6) is 0 Å². The first kappa shape index (κ1) is 14.4. The minimum absolute atomic E-state index is 0.216. The van der Waals surface area contributed by atoms with Crippen molar-refractivity contribution >= 4 is 0 Å². The summed E-state index contributed by atoms with van der Waals surface area (Å²) in [6.07, 6.45) is 1.86. The van der Waals surface area contributed by atoms with Gasteiger partial charge >= 0.3 is 0 Å². The van der Waals surface area contributed by atoms with Gasteiger partial charge in [-0.1, -0.05) is 12.1 Å². The Morgan fingerprint density at radius 2 is 2.05 bits per heavy atom. The molecule has 1 aliphatic rings. The van der Waals surface area contributed by atoms with Crippen molar-refractivity contribution in [2.75, 3.05) is 6.61 Å². The molecule has 2 unspecified atom stereocenters. The lowest BCUT2D eigenvalue weighted by Crippen LogP contribution is -2.40. The third-order valence-electron chi connectivity index (χ3n) is 3.59. The summed E-state index contributed by atoms with van der Waals surface area (Å²) in [5.41, 5.74) is 3.10. The van der Waals surface area contributed by atoms with E-state index in [2.05, 4.69) is 5.43 Å². The molecular weight excluding hydrogens is 250 g/mol. The van der Waals surface area contributed by atoms with Crippen LogP contribution >= 0.6 is 0 Å². The normalized spacial score (nSPS) is 18.4. The SMILES string of the molecule is CCOC(C1CC1)C(NN)c1ccc(C)c(F)c1F. The first-order chi connectivity index (χ1) is 9.10. The van der Waals surface area contributed by atoms with Gasteiger partial charge < -0.3 is 4.74 Å². The second kappa shape index (κ2) is 5.94. The highest BCUT2D eigenvalue weighted by molar-refractivity contribution is 5.29. The van der Waals surface area contributed by atoms with E-state index >= 15 is 0 Å². The van der Waals surface area contributed by atoms with Crippen LogP contribution in [0, 0.1) is 24.5 Å². The second-order valence-corrected chi connectivity index (χ2v) is 5.00. The van der Waals surface area contributed by atoms with E-state index in [1.807, 2.05) is 6.92 Å². The number of ether oxygens (including phenoxy) is 1. The molecule has 0 bridgehead atoms. The quantitative estimate of drug-likeness (QED) is 0.617. The van der Waals surface area contributed by atoms with Crippen LogP contribution in [0.15, 0.2) is 12.1 Å². The zero-order valence-corrected chi connectivity index (χ0v) is 11.2. The van der Waals surface area contributed by atoms with Crippen LogP contribution < -0.4 is 11.3 Å². The molecule has 19 heavy (non-hydrogen) atoms. The summed E-state index contributed by atoms with van der Waals surface area (Å²) in [4.78, 5) is 0.